The van der Waals surface area contributed by atoms with Crippen molar-refractivity contribution < 1.29 is 18.9 Å². The number of rotatable bonds is 10. The molecule has 2 aromatic carbocycles. The van der Waals surface area contributed by atoms with E-state index in [1.165, 1.54) is 18.8 Å². The fourth-order valence-corrected chi connectivity index (χ4v) is 3.51. The first kappa shape index (κ1) is 24.9. The fraction of sp³-hybridized carbons (Fsp3) is 0.360. The van der Waals surface area contributed by atoms with E-state index in [1.54, 1.807) is 27.4 Å². The third-order valence-electron chi connectivity index (χ3n) is 5.46. The van der Waals surface area contributed by atoms with E-state index in [1.807, 2.05) is 30.3 Å². The third-order valence-corrected chi connectivity index (χ3v) is 5.46. The summed E-state index contributed by atoms with van der Waals surface area (Å²) >= 11 is 0. The molecule has 9 heteroatoms. The van der Waals surface area contributed by atoms with Gasteiger partial charge in [-0.05, 0) is 36.9 Å². The van der Waals surface area contributed by atoms with Gasteiger partial charge in [0.2, 0.25) is 0 Å². The summed E-state index contributed by atoms with van der Waals surface area (Å²) in [7, 11) is 7.02. The second-order valence-corrected chi connectivity index (χ2v) is 7.75. The van der Waals surface area contributed by atoms with Crippen molar-refractivity contribution in [2.24, 2.45) is 15.7 Å². The maximum absolute atomic E-state index is 5.74. The Labute approximate surface area is 201 Å². The Morgan fingerprint density at radius 3 is 2.29 bits per heavy atom. The number of anilines is 1. The van der Waals surface area contributed by atoms with Crippen LogP contribution in [0.2, 0.25) is 0 Å². The largest absolute Gasteiger partial charge is 0.497 e. The standard InChI is InChI=1S/C25H33N5O4/c1-29-7-9-30(10-8-29)24-6-5-20(13-25(24)33-4)28-18-27-16-23(15-26)34-17-19-11-21(31-2)14-22(12-19)32-3/h5-6,11-16,18H,7-10,17,26H2,1-4H3. The van der Waals surface area contributed by atoms with Gasteiger partial charge < -0.3 is 34.5 Å². The molecule has 0 aliphatic carbocycles. The number of nitrogens with zero attached hydrogens (tertiary/aromatic N) is 4. The second kappa shape index (κ2) is 12.5. The van der Waals surface area contributed by atoms with Gasteiger partial charge in [0.1, 0.15) is 30.2 Å². The molecule has 1 saturated heterocycles. The number of methoxy groups -OCH3 is 3. The van der Waals surface area contributed by atoms with Crippen LogP contribution < -0.4 is 24.8 Å². The first-order valence-corrected chi connectivity index (χ1v) is 11.0. The molecule has 0 bridgehead atoms. The van der Waals surface area contributed by atoms with Gasteiger partial charge in [0.15, 0.2) is 5.76 Å². The highest BCUT2D eigenvalue weighted by Crippen LogP contribution is 2.32. The maximum Gasteiger partial charge on any atom is 0.153 e. The lowest BCUT2D eigenvalue weighted by molar-refractivity contribution is 0.218. The van der Waals surface area contributed by atoms with Gasteiger partial charge in [-0.1, -0.05) is 0 Å². The minimum atomic E-state index is 0.282. The summed E-state index contributed by atoms with van der Waals surface area (Å²) in [6.07, 6.45) is 4.31. The summed E-state index contributed by atoms with van der Waals surface area (Å²) in [6, 6.07) is 11.4. The summed E-state index contributed by atoms with van der Waals surface area (Å²) in [6.45, 7) is 4.28. The molecular formula is C25H33N5O4. The number of benzene rings is 2. The van der Waals surface area contributed by atoms with Crippen molar-refractivity contribution in [1.29, 1.82) is 0 Å². The topological polar surface area (TPSA) is 94.1 Å². The van der Waals surface area contributed by atoms with E-state index in [-0.39, 0.29) is 6.61 Å². The molecule has 0 aromatic heterocycles. The number of ether oxygens (including phenoxy) is 4. The van der Waals surface area contributed by atoms with Crippen molar-refractivity contribution in [3.8, 4) is 17.2 Å². The summed E-state index contributed by atoms with van der Waals surface area (Å²) in [4.78, 5) is 13.2. The molecule has 182 valence electrons. The first-order chi connectivity index (χ1) is 16.6. The zero-order valence-electron chi connectivity index (χ0n) is 20.2. The Hall–Kier alpha value is -3.72. The van der Waals surface area contributed by atoms with Gasteiger partial charge in [-0.15, -0.1) is 0 Å². The molecule has 9 nitrogen and oxygen atoms in total. The van der Waals surface area contributed by atoms with E-state index in [4.69, 9.17) is 24.7 Å². The molecule has 1 aliphatic rings. The smallest absolute Gasteiger partial charge is 0.153 e. The van der Waals surface area contributed by atoms with Crippen LogP contribution in [0.1, 0.15) is 5.56 Å². The molecule has 0 saturated carbocycles. The molecule has 0 unspecified atom stereocenters. The fourth-order valence-electron chi connectivity index (χ4n) is 3.51. The highest BCUT2D eigenvalue weighted by atomic mass is 16.5. The number of hydrogen-bond acceptors (Lipinski definition) is 8. The van der Waals surface area contributed by atoms with Crippen LogP contribution in [-0.4, -0.2) is 72.0 Å². The van der Waals surface area contributed by atoms with E-state index < -0.39 is 0 Å². The van der Waals surface area contributed by atoms with Crippen molar-refractivity contribution in [3.63, 3.8) is 0 Å². The predicted molar refractivity (Wildman–Crippen MR) is 136 cm³/mol. The number of likely N-dealkylation sites (N-methyl/N-ethyl adjacent to an activating group) is 1. The van der Waals surface area contributed by atoms with Crippen molar-refractivity contribution in [2.45, 2.75) is 6.61 Å². The Morgan fingerprint density at radius 2 is 1.68 bits per heavy atom. The number of hydrogen-bond donors (Lipinski definition) is 1. The quantitative estimate of drug-likeness (QED) is 0.326. The maximum atomic E-state index is 5.74. The molecule has 1 heterocycles. The predicted octanol–water partition coefficient (Wildman–Crippen LogP) is 3.21. The van der Waals surface area contributed by atoms with Gasteiger partial charge in [0.25, 0.3) is 0 Å². The van der Waals surface area contributed by atoms with Gasteiger partial charge in [-0.3, -0.25) is 0 Å². The lowest BCUT2D eigenvalue weighted by Crippen LogP contribution is -2.44. The average molecular weight is 468 g/mol. The molecule has 1 aliphatic heterocycles. The van der Waals surface area contributed by atoms with Crippen LogP contribution in [-0.2, 0) is 11.3 Å². The molecule has 2 aromatic rings. The summed E-state index contributed by atoms with van der Waals surface area (Å²) in [5.41, 5.74) is 8.38. The lowest BCUT2D eigenvalue weighted by atomic mass is 10.2. The van der Waals surface area contributed by atoms with Gasteiger partial charge in [-0.25, -0.2) is 9.98 Å². The van der Waals surface area contributed by atoms with Crippen LogP contribution in [0, 0.1) is 0 Å². The van der Waals surface area contributed by atoms with Gasteiger partial charge in [0, 0.05) is 44.5 Å². The van der Waals surface area contributed by atoms with Crippen LogP contribution in [0.3, 0.4) is 0 Å². The summed E-state index contributed by atoms with van der Waals surface area (Å²) in [5, 5.41) is 0. The molecule has 34 heavy (non-hydrogen) atoms. The van der Waals surface area contributed by atoms with Crippen LogP contribution in [0.4, 0.5) is 11.4 Å². The molecule has 0 radical (unpaired) electrons. The second-order valence-electron chi connectivity index (χ2n) is 7.75. The molecule has 0 amide bonds. The van der Waals surface area contributed by atoms with Crippen LogP contribution in [0.25, 0.3) is 0 Å². The zero-order chi connectivity index (χ0) is 24.3. The molecular weight excluding hydrogens is 434 g/mol. The first-order valence-electron chi connectivity index (χ1n) is 11.0. The van der Waals surface area contributed by atoms with Crippen molar-refractivity contribution in [3.05, 3.63) is 53.9 Å². The number of allylic oxidation sites excluding steroid dienone is 1. The molecule has 2 N–H and O–H groups in total. The highest BCUT2D eigenvalue weighted by Gasteiger charge is 2.17. The van der Waals surface area contributed by atoms with Gasteiger partial charge in [0.05, 0.1) is 38.9 Å². The van der Waals surface area contributed by atoms with Crippen LogP contribution in [0.5, 0.6) is 17.2 Å². The van der Waals surface area contributed by atoms with Crippen LogP contribution in [0.15, 0.2) is 58.3 Å². The molecule has 1 fully saturated rings. The van der Waals surface area contributed by atoms with Gasteiger partial charge in [-0.2, -0.15) is 0 Å². The molecule has 3 rings (SSSR count). The van der Waals surface area contributed by atoms with E-state index in [9.17, 15) is 0 Å². The van der Waals surface area contributed by atoms with Gasteiger partial charge >= 0.3 is 0 Å². The Kier molecular flexibility index (Phi) is 9.16. The Balaban J connectivity index is 1.59. The summed E-state index contributed by atoms with van der Waals surface area (Å²) < 4.78 is 21.9. The minimum Gasteiger partial charge on any atom is -0.497 e. The monoisotopic (exact) mass is 467 g/mol. The Morgan fingerprint density at radius 1 is 0.971 bits per heavy atom. The summed E-state index contributed by atoms with van der Waals surface area (Å²) in [5.74, 6) is 2.58. The zero-order valence-corrected chi connectivity index (χ0v) is 20.2. The Bertz CT molecular complexity index is 1010. The lowest BCUT2D eigenvalue weighted by Gasteiger charge is -2.34. The van der Waals surface area contributed by atoms with Crippen LogP contribution >= 0.6 is 0 Å². The van der Waals surface area contributed by atoms with E-state index in [2.05, 4.69) is 26.8 Å². The number of piperazine rings is 1. The highest BCUT2D eigenvalue weighted by molar-refractivity contribution is 5.84. The van der Waals surface area contributed by atoms with Crippen molar-refractivity contribution in [2.75, 3.05) is 59.5 Å². The molecule has 0 spiro atoms. The normalized spacial score (nSPS) is 15.2. The SMILES string of the molecule is COc1cc(COC(C=NC=Nc2ccc(N3CCN(C)CC3)c(OC)c2)=CN)cc(OC)c1. The number of nitrogens with two attached hydrogens (primary N) is 1. The minimum absolute atomic E-state index is 0.282. The van der Waals surface area contributed by atoms with E-state index in [0.29, 0.717) is 17.3 Å². The van der Waals surface area contributed by atoms with Crippen molar-refractivity contribution >= 4 is 23.9 Å². The third kappa shape index (κ3) is 6.89. The molecule has 0 atom stereocenters. The number of aliphatic imine (C=N–C) groups is 2. The van der Waals surface area contributed by atoms with E-state index in [0.717, 1.165) is 48.9 Å². The average Bonchev–Trinajstić information content (AvgIpc) is 2.88. The van der Waals surface area contributed by atoms with E-state index >= 15 is 0 Å². The van der Waals surface area contributed by atoms with Crippen molar-refractivity contribution in [1.82, 2.24) is 4.90 Å².